The number of carbonyl (C=O) groups excluding carboxylic acids is 1. The average Bonchev–Trinajstić information content (AvgIpc) is 3.21. The van der Waals surface area contributed by atoms with E-state index in [1.165, 1.54) is 18.5 Å². The van der Waals surface area contributed by atoms with Crippen molar-refractivity contribution in [3.63, 3.8) is 0 Å². The lowest BCUT2D eigenvalue weighted by molar-refractivity contribution is 0.0508. The van der Waals surface area contributed by atoms with Crippen LogP contribution in [0.15, 0.2) is 12.5 Å². The van der Waals surface area contributed by atoms with Gasteiger partial charge in [-0.2, -0.15) is 0 Å². The van der Waals surface area contributed by atoms with E-state index in [1.54, 1.807) is 0 Å². The van der Waals surface area contributed by atoms with E-state index < -0.39 is 5.60 Å². The van der Waals surface area contributed by atoms with Gasteiger partial charge in [0.15, 0.2) is 0 Å². The predicted molar refractivity (Wildman–Crippen MR) is 90.3 cm³/mol. The van der Waals surface area contributed by atoms with Gasteiger partial charge in [-0.25, -0.2) is 9.78 Å². The SMILES string of the molecule is Cn1cncc1CCNC(C)(CNC(=O)OC(C)(C)C)C1CC1. The first kappa shape index (κ1) is 17.8. The number of aromatic nitrogens is 2. The highest BCUT2D eigenvalue weighted by atomic mass is 16.6. The summed E-state index contributed by atoms with van der Waals surface area (Å²) in [6.07, 6.45) is 6.72. The second kappa shape index (κ2) is 6.91. The maximum absolute atomic E-state index is 11.9. The minimum Gasteiger partial charge on any atom is -0.444 e. The molecule has 0 bridgehead atoms. The summed E-state index contributed by atoms with van der Waals surface area (Å²) in [5.41, 5.74) is 0.651. The Labute approximate surface area is 139 Å². The van der Waals surface area contributed by atoms with Crippen LogP contribution in [0.4, 0.5) is 4.79 Å². The Hall–Kier alpha value is -1.56. The van der Waals surface area contributed by atoms with E-state index in [2.05, 4.69) is 22.5 Å². The summed E-state index contributed by atoms with van der Waals surface area (Å²) < 4.78 is 7.36. The molecule has 1 saturated carbocycles. The summed E-state index contributed by atoms with van der Waals surface area (Å²) in [6, 6.07) is 0. The van der Waals surface area contributed by atoms with Gasteiger partial charge >= 0.3 is 6.09 Å². The zero-order valence-corrected chi connectivity index (χ0v) is 15.0. The molecule has 2 N–H and O–H groups in total. The number of alkyl carbamates (subject to hydrolysis) is 1. The van der Waals surface area contributed by atoms with E-state index in [-0.39, 0.29) is 11.6 Å². The van der Waals surface area contributed by atoms with Gasteiger partial charge in [0.25, 0.3) is 0 Å². The molecule has 0 saturated heterocycles. The van der Waals surface area contributed by atoms with Gasteiger partial charge in [-0.3, -0.25) is 0 Å². The first-order valence-electron chi connectivity index (χ1n) is 8.37. The lowest BCUT2D eigenvalue weighted by Crippen LogP contribution is -2.54. The van der Waals surface area contributed by atoms with Gasteiger partial charge in [-0.1, -0.05) is 0 Å². The van der Waals surface area contributed by atoms with Crippen LogP contribution in [0.3, 0.4) is 0 Å². The van der Waals surface area contributed by atoms with Crippen molar-refractivity contribution in [2.45, 2.75) is 58.1 Å². The second-order valence-electron chi connectivity index (χ2n) is 7.72. The number of hydrogen-bond donors (Lipinski definition) is 2. The zero-order chi connectivity index (χ0) is 17.1. The van der Waals surface area contributed by atoms with Crippen molar-refractivity contribution in [3.8, 4) is 0 Å². The molecule has 1 aromatic rings. The van der Waals surface area contributed by atoms with Gasteiger partial charge < -0.3 is 19.9 Å². The molecule has 1 aliphatic carbocycles. The number of nitrogens with zero attached hydrogens (tertiary/aromatic N) is 2. The first-order valence-corrected chi connectivity index (χ1v) is 8.37. The van der Waals surface area contributed by atoms with Crippen LogP contribution in [0.25, 0.3) is 0 Å². The monoisotopic (exact) mass is 322 g/mol. The predicted octanol–water partition coefficient (Wildman–Crippen LogP) is 2.25. The summed E-state index contributed by atoms with van der Waals surface area (Å²) in [4.78, 5) is 16.0. The normalized spacial score (nSPS) is 17.6. The first-order chi connectivity index (χ1) is 10.7. The van der Waals surface area contributed by atoms with Gasteiger partial charge in [0.05, 0.1) is 6.33 Å². The van der Waals surface area contributed by atoms with Crippen molar-refractivity contribution in [1.82, 2.24) is 20.2 Å². The molecule has 1 fully saturated rings. The minimum atomic E-state index is -0.465. The van der Waals surface area contributed by atoms with Gasteiger partial charge in [-0.15, -0.1) is 0 Å². The molecule has 130 valence electrons. The van der Waals surface area contributed by atoms with E-state index in [4.69, 9.17) is 4.74 Å². The van der Waals surface area contributed by atoms with Gasteiger partial charge in [-0.05, 0) is 46.5 Å². The van der Waals surface area contributed by atoms with Crippen molar-refractivity contribution in [1.29, 1.82) is 0 Å². The summed E-state index contributed by atoms with van der Waals surface area (Å²) >= 11 is 0. The third-order valence-electron chi connectivity index (χ3n) is 4.30. The lowest BCUT2D eigenvalue weighted by atomic mass is 9.95. The fraction of sp³-hybridized carbons (Fsp3) is 0.765. The number of nitrogens with one attached hydrogen (secondary N) is 2. The molecular formula is C17H30N4O2. The number of amides is 1. The Morgan fingerprint density at radius 1 is 1.39 bits per heavy atom. The summed E-state index contributed by atoms with van der Waals surface area (Å²) in [7, 11) is 2.01. The van der Waals surface area contributed by atoms with E-state index >= 15 is 0 Å². The van der Waals surface area contributed by atoms with Gasteiger partial charge in [0, 0.05) is 44.0 Å². The van der Waals surface area contributed by atoms with Crippen LogP contribution < -0.4 is 10.6 Å². The Morgan fingerprint density at radius 2 is 2.09 bits per heavy atom. The van der Waals surface area contributed by atoms with Crippen molar-refractivity contribution in [2.24, 2.45) is 13.0 Å². The summed E-state index contributed by atoms with van der Waals surface area (Å²) in [5.74, 6) is 0.615. The molecule has 0 aliphatic heterocycles. The van der Waals surface area contributed by atoms with Crippen LogP contribution >= 0.6 is 0 Å². The molecule has 6 nitrogen and oxygen atoms in total. The van der Waals surface area contributed by atoms with Crippen LogP contribution in [-0.2, 0) is 18.2 Å². The topological polar surface area (TPSA) is 68.2 Å². The molecule has 1 atom stereocenters. The van der Waals surface area contributed by atoms with Crippen molar-refractivity contribution < 1.29 is 9.53 Å². The fourth-order valence-electron chi connectivity index (χ4n) is 2.74. The molecule has 6 heteroatoms. The van der Waals surface area contributed by atoms with E-state index in [0.29, 0.717) is 12.5 Å². The number of carbonyl (C=O) groups is 1. The number of imidazole rings is 1. The summed E-state index contributed by atoms with van der Waals surface area (Å²) in [6.45, 7) is 9.25. The fourth-order valence-corrected chi connectivity index (χ4v) is 2.74. The maximum Gasteiger partial charge on any atom is 0.407 e. The zero-order valence-electron chi connectivity index (χ0n) is 15.0. The molecule has 1 heterocycles. The highest BCUT2D eigenvalue weighted by molar-refractivity contribution is 5.67. The van der Waals surface area contributed by atoms with Crippen LogP contribution in [0.2, 0.25) is 0 Å². The Bertz CT molecular complexity index is 531. The van der Waals surface area contributed by atoms with E-state index in [0.717, 1.165) is 13.0 Å². The molecule has 23 heavy (non-hydrogen) atoms. The van der Waals surface area contributed by atoms with Crippen molar-refractivity contribution in [2.75, 3.05) is 13.1 Å². The van der Waals surface area contributed by atoms with Crippen LogP contribution in [-0.4, -0.2) is 39.9 Å². The van der Waals surface area contributed by atoms with Crippen molar-refractivity contribution >= 4 is 6.09 Å². The molecular weight excluding hydrogens is 292 g/mol. The molecule has 2 rings (SSSR count). The number of aryl methyl sites for hydroxylation is 1. The third-order valence-corrected chi connectivity index (χ3v) is 4.30. The number of hydrogen-bond acceptors (Lipinski definition) is 4. The largest absolute Gasteiger partial charge is 0.444 e. The van der Waals surface area contributed by atoms with E-state index in [9.17, 15) is 4.79 Å². The molecule has 1 aliphatic rings. The van der Waals surface area contributed by atoms with Gasteiger partial charge in [0.1, 0.15) is 5.60 Å². The van der Waals surface area contributed by atoms with Crippen LogP contribution in [0, 0.1) is 5.92 Å². The molecule has 0 spiro atoms. The quantitative estimate of drug-likeness (QED) is 0.808. The third kappa shape index (κ3) is 5.53. The Kier molecular flexibility index (Phi) is 5.34. The van der Waals surface area contributed by atoms with E-state index in [1.807, 2.05) is 44.9 Å². The van der Waals surface area contributed by atoms with Crippen LogP contribution in [0.1, 0.15) is 46.2 Å². The standard InChI is InChI=1S/C17H30N4O2/c1-16(2,3)23-15(22)19-11-17(4,13-6-7-13)20-9-8-14-10-18-12-21(14)5/h10,12-13,20H,6-9,11H2,1-5H3,(H,19,22). The maximum atomic E-state index is 11.9. The lowest BCUT2D eigenvalue weighted by Gasteiger charge is -2.32. The number of ether oxygens (including phenoxy) is 1. The Morgan fingerprint density at radius 3 is 2.61 bits per heavy atom. The number of rotatable bonds is 7. The molecule has 1 amide bonds. The van der Waals surface area contributed by atoms with Gasteiger partial charge in [0.2, 0.25) is 0 Å². The minimum absolute atomic E-state index is 0.0878. The molecule has 1 unspecified atom stereocenters. The second-order valence-corrected chi connectivity index (χ2v) is 7.72. The highest BCUT2D eigenvalue weighted by Gasteiger charge is 2.41. The van der Waals surface area contributed by atoms with Crippen LogP contribution in [0.5, 0.6) is 0 Å². The molecule has 0 radical (unpaired) electrons. The average molecular weight is 322 g/mol. The van der Waals surface area contributed by atoms with Crippen molar-refractivity contribution in [3.05, 3.63) is 18.2 Å². The smallest absolute Gasteiger partial charge is 0.407 e. The highest BCUT2D eigenvalue weighted by Crippen LogP contribution is 2.39. The summed E-state index contributed by atoms with van der Waals surface area (Å²) in [5, 5.41) is 6.55. The molecule has 1 aromatic heterocycles. The molecule has 0 aromatic carbocycles. The Balaban J connectivity index is 1.81.